The second kappa shape index (κ2) is 5.65. The Bertz CT molecular complexity index is 336. The van der Waals surface area contributed by atoms with Crippen LogP contribution in [0, 0.1) is 6.92 Å². The zero-order valence-corrected chi connectivity index (χ0v) is 11.2. The average Bonchev–Trinajstić information content (AvgIpc) is 2.39. The average molecular weight is 232 g/mol. The minimum atomic E-state index is 0.549. The van der Waals surface area contributed by atoms with E-state index in [1.54, 1.807) is 0 Å². The van der Waals surface area contributed by atoms with Crippen LogP contribution < -0.4 is 5.32 Å². The quantitative estimate of drug-likeness (QED) is 0.862. The maximum atomic E-state index is 3.38. The number of aryl methyl sites for hydroxylation is 1. The summed E-state index contributed by atoms with van der Waals surface area (Å²) in [5.41, 5.74) is 2.79. The van der Waals surface area contributed by atoms with E-state index in [9.17, 15) is 0 Å². The van der Waals surface area contributed by atoms with Crippen molar-refractivity contribution in [2.45, 2.75) is 38.8 Å². The van der Waals surface area contributed by atoms with Crippen LogP contribution in [0.2, 0.25) is 0 Å². The van der Waals surface area contributed by atoms with Crippen molar-refractivity contribution in [1.82, 2.24) is 10.2 Å². The van der Waals surface area contributed by atoms with Gasteiger partial charge in [0.2, 0.25) is 0 Å². The van der Waals surface area contributed by atoms with Gasteiger partial charge in [-0.15, -0.1) is 0 Å². The van der Waals surface area contributed by atoms with Crippen molar-refractivity contribution >= 4 is 0 Å². The second-order valence-electron chi connectivity index (χ2n) is 5.19. The molecule has 1 aliphatic rings. The van der Waals surface area contributed by atoms with Crippen LogP contribution in [0.5, 0.6) is 0 Å². The normalized spacial score (nSPS) is 20.4. The zero-order chi connectivity index (χ0) is 12.3. The summed E-state index contributed by atoms with van der Waals surface area (Å²) in [5, 5.41) is 3.38. The molecule has 0 saturated carbocycles. The molecule has 1 unspecified atom stereocenters. The molecule has 0 amide bonds. The van der Waals surface area contributed by atoms with Crippen molar-refractivity contribution in [1.29, 1.82) is 0 Å². The molecule has 1 N–H and O–H groups in total. The standard InChI is InChI=1S/C15H24N2/c1-12-4-6-14(7-5-12)13(2)17-10-8-15(16-3)9-11-17/h4-7,13,15-16H,8-11H2,1-3H3. The number of nitrogens with zero attached hydrogens (tertiary/aromatic N) is 1. The van der Waals surface area contributed by atoms with Gasteiger partial charge in [-0.1, -0.05) is 29.8 Å². The van der Waals surface area contributed by atoms with Gasteiger partial charge in [0.25, 0.3) is 0 Å². The van der Waals surface area contributed by atoms with Gasteiger partial charge in [0.1, 0.15) is 0 Å². The fraction of sp³-hybridized carbons (Fsp3) is 0.600. The summed E-state index contributed by atoms with van der Waals surface area (Å²) in [6.45, 7) is 6.89. The predicted octanol–water partition coefficient (Wildman–Crippen LogP) is 2.74. The number of likely N-dealkylation sites (tertiary alicyclic amines) is 1. The Hall–Kier alpha value is -0.860. The van der Waals surface area contributed by atoms with Gasteiger partial charge in [-0.3, -0.25) is 4.90 Å². The van der Waals surface area contributed by atoms with Crippen LogP contribution in [0.15, 0.2) is 24.3 Å². The van der Waals surface area contributed by atoms with Crippen molar-refractivity contribution in [2.75, 3.05) is 20.1 Å². The summed E-state index contributed by atoms with van der Waals surface area (Å²) < 4.78 is 0. The second-order valence-corrected chi connectivity index (χ2v) is 5.19. The van der Waals surface area contributed by atoms with Crippen LogP contribution in [0.1, 0.15) is 36.9 Å². The molecule has 2 rings (SSSR count). The van der Waals surface area contributed by atoms with E-state index in [2.05, 4.69) is 55.4 Å². The highest BCUT2D eigenvalue weighted by Gasteiger charge is 2.22. The molecule has 1 aromatic rings. The van der Waals surface area contributed by atoms with Gasteiger partial charge in [0.05, 0.1) is 0 Å². The number of rotatable bonds is 3. The van der Waals surface area contributed by atoms with Gasteiger partial charge < -0.3 is 5.32 Å². The van der Waals surface area contributed by atoms with Crippen LogP contribution in [-0.4, -0.2) is 31.1 Å². The van der Waals surface area contributed by atoms with Crippen molar-refractivity contribution in [3.8, 4) is 0 Å². The Morgan fingerprint density at radius 1 is 1.18 bits per heavy atom. The van der Waals surface area contributed by atoms with E-state index in [0.717, 1.165) is 6.04 Å². The number of piperidine rings is 1. The Labute approximate surface area is 105 Å². The summed E-state index contributed by atoms with van der Waals surface area (Å²) in [4.78, 5) is 2.60. The van der Waals surface area contributed by atoms with E-state index in [0.29, 0.717) is 6.04 Å². The Kier molecular flexibility index (Phi) is 4.19. The third kappa shape index (κ3) is 3.08. The highest BCUT2D eigenvalue weighted by Crippen LogP contribution is 2.24. The molecule has 1 aromatic carbocycles. The lowest BCUT2D eigenvalue weighted by atomic mass is 10.00. The zero-order valence-electron chi connectivity index (χ0n) is 11.2. The van der Waals surface area contributed by atoms with Crippen LogP contribution >= 0.6 is 0 Å². The number of hydrogen-bond donors (Lipinski definition) is 1. The summed E-state index contributed by atoms with van der Waals surface area (Å²) in [6, 6.07) is 10.2. The van der Waals surface area contributed by atoms with Crippen LogP contribution in [0.25, 0.3) is 0 Å². The van der Waals surface area contributed by atoms with Crippen molar-refractivity contribution in [3.63, 3.8) is 0 Å². The number of hydrogen-bond acceptors (Lipinski definition) is 2. The van der Waals surface area contributed by atoms with Crippen molar-refractivity contribution < 1.29 is 0 Å². The van der Waals surface area contributed by atoms with Gasteiger partial charge in [-0.25, -0.2) is 0 Å². The summed E-state index contributed by atoms with van der Waals surface area (Å²) >= 11 is 0. The third-order valence-corrected chi connectivity index (χ3v) is 4.05. The third-order valence-electron chi connectivity index (χ3n) is 4.05. The maximum absolute atomic E-state index is 3.38. The van der Waals surface area contributed by atoms with Crippen LogP contribution in [0.3, 0.4) is 0 Å². The lowest BCUT2D eigenvalue weighted by Crippen LogP contribution is -2.42. The first-order valence-corrected chi connectivity index (χ1v) is 6.68. The lowest BCUT2D eigenvalue weighted by molar-refractivity contribution is 0.155. The molecule has 1 heterocycles. The molecule has 94 valence electrons. The highest BCUT2D eigenvalue weighted by molar-refractivity contribution is 5.23. The molecule has 0 bridgehead atoms. The largest absolute Gasteiger partial charge is 0.317 e. The van der Waals surface area contributed by atoms with Crippen LogP contribution in [0.4, 0.5) is 0 Å². The fourth-order valence-electron chi connectivity index (χ4n) is 2.63. The Balaban J connectivity index is 1.96. The van der Waals surface area contributed by atoms with Gasteiger partial charge in [-0.05, 0) is 39.3 Å². The van der Waals surface area contributed by atoms with Crippen LogP contribution in [-0.2, 0) is 0 Å². The molecular formula is C15H24N2. The van der Waals surface area contributed by atoms with Gasteiger partial charge in [0, 0.05) is 25.2 Å². The smallest absolute Gasteiger partial charge is 0.0319 e. The molecule has 1 saturated heterocycles. The summed E-state index contributed by atoms with van der Waals surface area (Å²) in [7, 11) is 2.07. The van der Waals surface area contributed by atoms with E-state index in [-0.39, 0.29) is 0 Å². The molecule has 1 aliphatic heterocycles. The highest BCUT2D eigenvalue weighted by atomic mass is 15.2. The summed E-state index contributed by atoms with van der Waals surface area (Å²) in [5.74, 6) is 0. The molecule has 0 aliphatic carbocycles. The van der Waals surface area contributed by atoms with E-state index in [1.165, 1.54) is 37.1 Å². The first kappa shape index (κ1) is 12.6. The first-order valence-electron chi connectivity index (χ1n) is 6.68. The maximum Gasteiger partial charge on any atom is 0.0319 e. The minimum absolute atomic E-state index is 0.549. The van der Waals surface area contributed by atoms with Crippen molar-refractivity contribution in [3.05, 3.63) is 35.4 Å². The van der Waals surface area contributed by atoms with E-state index in [1.807, 2.05) is 0 Å². The monoisotopic (exact) mass is 232 g/mol. The molecule has 1 fully saturated rings. The predicted molar refractivity (Wildman–Crippen MR) is 73.2 cm³/mol. The fourth-order valence-corrected chi connectivity index (χ4v) is 2.63. The van der Waals surface area contributed by atoms with E-state index >= 15 is 0 Å². The first-order chi connectivity index (χ1) is 8.20. The molecule has 2 nitrogen and oxygen atoms in total. The Morgan fingerprint density at radius 2 is 1.76 bits per heavy atom. The van der Waals surface area contributed by atoms with Gasteiger partial charge in [-0.2, -0.15) is 0 Å². The molecule has 0 aromatic heterocycles. The van der Waals surface area contributed by atoms with E-state index in [4.69, 9.17) is 0 Å². The SMILES string of the molecule is CNC1CCN(C(C)c2ccc(C)cc2)CC1. The van der Waals surface area contributed by atoms with Crippen molar-refractivity contribution in [2.24, 2.45) is 0 Å². The molecule has 17 heavy (non-hydrogen) atoms. The summed E-state index contributed by atoms with van der Waals surface area (Å²) in [6.07, 6.45) is 2.54. The minimum Gasteiger partial charge on any atom is -0.317 e. The number of nitrogens with one attached hydrogen (secondary N) is 1. The number of benzene rings is 1. The molecule has 0 spiro atoms. The molecular weight excluding hydrogens is 208 g/mol. The van der Waals surface area contributed by atoms with Gasteiger partial charge >= 0.3 is 0 Å². The van der Waals surface area contributed by atoms with Gasteiger partial charge in [0.15, 0.2) is 0 Å². The lowest BCUT2D eigenvalue weighted by Gasteiger charge is -2.36. The molecule has 0 radical (unpaired) electrons. The topological polar surface area (TPSA) is 15.3 Å². The van der Waals surface area contributed by atoms with E-state index < -0.39 is 0 Å². The Morgan fingerprint density at radius 3 is 2.29 bits per heavy atom. The molecule has 2 heteroatoms. The molecule has 1 atom stereocenters.